The Morgan fingerprint density at radius 1 is 0.567 bits per heavy atom. The maximum absolute atomic E-state index is 3.02. The number of fused-ring (bicyclic) bond motifs is 14. The lowest BCUT2D eigenvalue weighted by Crippen LogP contribution is -2.44. The lowest BCUT2D eigenvalue weighted by atomic mass is 9.56. The predicted octanol–water partition coefficient (Wildman–Crippen LogP) is 15.3. The topological polar surface area (TPSA) is 6.48 Å². The van der Waals surface area contributed by atoms with Crippen molar-refractivity contribution in [2.24, 2.45) is 40.9 Å². The van der Waals surface area contributed by atoms with Crippen LogP contribution in [0, 0.1) is 40.9 Å². The minimum Gasteiger partial charge on any atom is -0.358 e. The molecule has 1 aromatic rings. The van der Waals surface area contributed by atoms with Gasteiger partial charge in [-0.15, -0.1) is 0 Å². The first kappa shape index (κ1) is 40.5. The van der Waals surface area contributed by atoms with Gasteiger partial charge in [-0.3, -0.25) is 0 Å². The molecule has 0 heterocycles. The number of hydrogen-bond acceptors (Lipinski definition) is 2. The summed E-state index contributed by atoms with van der Waals surface area (Å²) in [4.78, 5) is 5.84. The first-order valence-electron chi connectivity index (χ1n) is 26.7. The van der Waals surface area contributed by atoms with Crippen LogP contribution in [0.5, 0.6) is 0 Å². The van der Waals surface area contributed by atoms with Crippen molar-refractivity contribution >= 4 is 5.57 Å². The number of hydrogen-bond donors (Lipinski definition) is 0. The molecule has 0 aliphatic heterocycles. The Morgan fingerprint density at radius 2 is 1.43 bits per heavy atom. The summed E-state index contributed by atoms with van der Waals surface area (Å²) in [6.45, 7) is 0. The summed E-state index contributed by atoms with van der Waals surface area (Å²) in [6.07, 6.45) is 76.5. The average molecular weight is 875 g/mol. The first-order valence-corrected chi connectivity index (χ1v) is 26.7. The van der Waals surface area contributed by atoms with Crippen LogP contribution in [0.4, 0.5) is 0 Å². The van der Waals surface area contributed by atoms with Crippen molar-refractivity contribution in [1.82, 2.24) is 9.80 Å². The standard InChI is InChI=1S/C65H66N2/c1-3-21-44(22-4-1)66(62-35-17-20-43-19-7-8-25-48(43)62)47-38-40-55-54-30-13-15-32-58(54)65(61(55)42-47)59-33-16-14-31-56(59)64-60(65)34-18-36-63(64)67(45-23-5-2-6-24-45)46-37-39-53-51-28-10-9-26-49(51)50-27-11-12-29-52(50)57(53)41-46/h1,3,5,7-13,16-17,19,21,23,25-30,33,35-40,43,45-47,49,51,54,56,58-59H,2,4,6,14-15,18,20,22,24,31-32,34,41-42H2. The van der Waals surface area contributed by atoms with Crippen LogP contribution in [0.25, 0.3) is 5.57 Å². The summed E-state index contributed by atoms with van der Waals surface area (Å²) in [7, 11) is 0. The highest BCUT2D eigenvalue weighted by Gasteiger charge is 2.65. The zero-order valence-corrected chi connectivity index (χ0v) is 39.2. The molecule has 13 aliphatic rings. The molecule has 0 fully saturated rings. The van der Waals surface area contributed by atoms with Gasteiger partial charge in [0.15, 0.2) is 0 Å². The predicted molar refractivity (Wildman–Crippen MR) is 277 cm³/mol. The molecule has 336 valence electrons. The lowest BCUT2D eigenvalue weighted by molar-refractivity contribution is 0.148. The van der Waals surface area contributed by atoms with Crippen LogP contribution < -0.4 is 0 Å². The Hall–Kier alpha value is -5.60. The van der Waals surface area contributed by atoms with Crippen molar-refractivity contribution in [2.45, 2.75) is 114 Å². The van der Waals surface area contributed by atoms with Crippen molar-refractivity contribution in [1.29, 1.82) is 0 Å². The quantitative estimate of drug-likeness (QED) is 0.263. The van der Waals surface area contributed by atoms with E-state index in [0.29, 0.717) is 53.5 Å². The van der Waals surface area contributed by atoms with Crippen molar-refractivity contribution in [3.8, 4) is 0 Å². The first-order chi connectivity index (χ1) is 33.3. The third kappa shape index (κ3) is 6.12. The average Bonchev–Trinajstić information content (AvgIpc) is 3.87. The van der Waals surface area contributed by atoms with E-state index < -0.39 is 0 Å². The molecule has 2 heteroatoms. The van der Waals surface area contributed by atoms with E-state index in [0.717, 1.165) is 38.5 Å². The van der Waals surface area contributed by atoms with Gasteiger partial charge in [0.25, 0.3) is 0 Å². The fourth-order valence-corrected chi connectivity index (χ4v) is 16.4. The molecule has 0 amide bonds. The van der Waals surface area contributed by atoms with E-state index in [-0.39, 0.29) is 11.5 Å². The largest absolute Gasteiger partial charge is 0.358 e. The van der Waals surface area contributed by atoms with E-state index in [2.05, 4.69) is 180 Å². The number of nitrogens with zero attached hydrogens (tertiary/aromatic N) is 2. The van der Waals surface area contributed by atoms with E-state index in [1.54, 1.807) is 28.0 Å². The fourth-order valence-electron chi connectivity index (χ4n) is 16.4. The second-order valence-electron chi connectivity index (χ2n) is 21.9. The smallest absolute Gasteiger partial charge is 0.0560 e. The van der Waals surface area contributed by atoms with Crippen molar-refractivity contribution in [2.75, 3.05) is 0 Å². The molecule has 0 N–H and O–H groups in total. The molecule has 1 spiro atoms. The number of benzene rings is 1. The third-order valence-corrected chi connectivity index (χ3v) is 18.9. The SMILES string of the molecule is C1=CCCC(N(C2=C3C=CC=CC3CC=C2)C2C=CC3=C(C2)C2(C4=C(C(N(C5C=CCCC5)C5C=CC6=C(C5)c5ccccc5C5C=CC=CC65)=CCC4)C4CCC=CC42)C2CCC=CC32)=C1. The Kier molecular flexibility index (Phi) is 9.84. The Balaban J connectivity index is 0.903. The van der Waals surface area contributed by atoms with Gasteiger partial charge in [0.1, 0.15) is 0 Å². The van der Waals surface area contributed by atoms with Crippen LogP contribution in [0.15, 0.2) is 221 Å². The Labute approximate surface area is 400 Å². The molecule has 14 rings (SSSR count). The normalized spacial score (nSPS) is 36.7. The zero-order chi connectivity index (χ0) is 44.1. The fraction of sp³-hybridized carbons (Fsp3) is 0.385. The molecule has 13 aliphatic carbocycles. The van der Waals surface area contributed by atoms with Gasteiger partial charge in [0, 0.05) is 52.2 Å². The molecular formula is C65H66N2. The summed E-state index contributed by atoms with van der Waals surface area (Å²) in [5.41, 5.74) is 19.3. The van der Waals surface area contributed by atoms with Crippen LogP contribution in [0.1, 0.15) is 107 Å². The van der Waals surface area contributed by atoms with Crippen molar-refractivity contribution in [3.05, 3.63) is 232 Å². The third-order valence-electron chi connectivity index (χ3n) is 18.9. The minimum absolute atomic E-state index is 0.0529. The van der Waals surface area contributed by atoms with Crippen molar-refractivity contribution < 1.29 is 0 Å². The molecule has 2 nitrogen and oxygen atoms in total. The van der Waals surface area contributed by atoms with Crippen molar-refractivity contribution in [3.63, 3.8) is 0 Å². The van der Waals surface area contributed by atoms with E-state index in [4.69, 9.17) is 0 Å². The van der Waals surface area contributed by atoms with Gasteiger partial charge in [0.2, 0.25) is 0 Å². The monoisotopic (exact) mass is 875 g/mol. The van der Waals surface area contributed by atoms with E-state index >= 15 is 0 Å². The van der Waals surface area contributed by atoms with Crippen LogP contribution in [-0.4, -0.2) is 27.9 Å². The summed E-state index contributed by atoms with van der Waals surface area (Å²) >= 11 is 0. The lowest BCUT2D eigenvalue weighted by Gasteiger charge is -2.48. The molecule has 1 aromatic carbocycles. The van der Waals surface area contributed by atoms with Gasteiger partial charge in [-0.2, -0.15) is 0 Å². The second-order valence-corrected chi connectivity index (χ2v) is 21.9. The number of allylic oxidation sites excluding steroid dienone is 27. The molecule has 0 saturated heterocycles. The van der Waals surface area contributed by atoms with Crippen LogP contribution in [0.3, 0.4) is 0 Å². The van der Waals surface area contributed by atoms with E-state index in [1.165, 1.54) is 79.5 Å². The molecule has 0 bridgehead atoms. The van der Waals surface area contributed by atoms with Gasteiger partial charge < -0.3 is 9.80 Å². The minimum atomic E-state index is 0.0529. The Bertz CT molecular complexity index is 2840. The molecule has 67 heavy (non-hydrogen) atoms. The molecular weight excluding hydrogens is 809 g/mol. The van der Waals surface area contributed by atoms with Crippen LogP contribution in [-0.2, 0) is 0 Å². The Morgan fingerprint density at radius 3 is 2.36 bits per heavy atom. The van der Waals surface area contributed by atoms with E-state index in [9.17, 15) is 0 Å². The van der Waals surface area contributed by atoms with Crippen LogP contribution >= 0.6 is 0 Å². The van der Waals surface area contributed by atoms with Gasteiger partial charge >= 0.3 is 0 Å². The van der Waals surface area contributed by atoms with Gasteiger partial charge in [-0.1, -0.05) is 169 Å². The summed E-state index contributed by atoms with van der Waals surface area (Å²) < 4.78 is 0. The second kappa shape index (κ2) is 16.3. The summed E-state index contributed by atoms with van der Waals surface area (Å²) in [5, 5.41) is 0. The highest BCUT2D eigenvalue weighted by molar-refractivity contribution is 5.80. The van der Waals surface area contributed by atoms with Gasteiger partial charge in [-0.05, 0) is 159 Å². The highest BCUT2D eigenvalue weighted by atomic mass is 15.2. The zero-order valence-electron chi connectivity index (χ0n) is 39.2. The summed E-state index contributed by atoms with van der Waals surface area (Å²) in [5.74, 6) is 3.48. The molecule has 0 radical (unpaired) electrons. The van der Waals surface area contributed by atoms with Crippen LogP contribution in [0.2, 0.25) is 0 Å². The van der Waals surface area contributed by atoms with E-state index in [1.807, 2.05) is 11.1 Å². The highest BCUT2D eigenvalue weighted by Crippen LogP contribution is 2.73. The molecule has 0 saturated carbocycles. The van der Waals surface area contributed by atoms with Gasteiger partial charge in [-0.25, -0.2) is 0 Å². The molecule has 11 unspecified atom stereocenters. The number of rotatable bonds is 6. The summed E-state index contributed by atoms with van der Waals surface area (Å²) in [6, 6.07) is 10.4. The molecule has 11 atom stereocenters. The molecule has 0 aromatic heterocycles. The van der Waals surface area contributed by atoms with Gasteiger partial charge in [0.05, 0.1) is 12.1 Å². The maximum Gasteiger partial charge on any atom is 0.0560 e. The maximum atomic E-state index is 3.02.